The van der Waals surface area contributed by atoms with Gasteiger partial charge >= 0.3 is 0 Å². The Labute approximate surface area is 160 Å². The van der Waals surface area contributed by atoms with Gasteiger partial charge in [-0.15, -0.1) is 0 Å². The number of piperazine rings is 1. The van der Waals surface area contributed by atoms with Crippen molar-refractivity contribution in [1.29, 1.82) is 0 Å². The van der Waals surface area contributed by atoms with Crippen molar-refractivity contribution in [3.8, 4) is 5.75 Å². The van der Waals surface area contributed by atoms with Crippen LogP contribution in [-0.4, -0.2) is 54.8 Å². The Morgan fingerprint density at radius 2 is 1.56 bits per heavy atom. The first-order chi connectivity index (χ1) is 13.0. The molecule has 0 spiro atoms. The molecule has 6 nitrogen and oxygen atoms in total. The highest BCUT2D eigenvalue weighted by Gasteiger charge is 2.28. The minimum Gasteiger partial charge on any atom is -0.508 e. The predicted molar refractivity (Wildman–Crippen MR) is 104 cm³/mol. The highest BCUT2D eigenvalue weighted by molar-refractivity contribution is 7.88. The van der Waals surface area contributed by atoms with Crippen molar-refractivity contribution in [2.45, 2.75) is 18.6 Å². The lowest BCUT2D eigenvalue weighted by Crippen LogP contribution is -2.50. The van der Waals surface area contributed by atoms with Crippen LogP contribution in [0.4, 0.5) is 0 Å². The van der Waals surface area contributed by atoms with E-state index in [9.17, 15) is 18.3 Å². The third-order valence-corrected chi connectivity index (χ3v) is 6.63. The van der Waals surface area contributed by atoms with Gasteiger partial charge in [0.05, 0.1) is 5.75 Å². The molecule has 144 valence electrons. The van der Waals surface area contributed by atoms with E-state index in [1.165, 1.54) is 4.31 Å². The molecule has 1 heterocycles. The van der Waals surface area contributed by atoms with Gasteiger partial charge in [0.1, 0.15) is 5.75 Å². The molecule has 0 unspecified atom stereocenters. The van der Waals surface area contributed by atoms with Crippen molar-refractivity contribution in [2.75, 3.05) is 26.2 Å². The van der Waals surface area contributed by atoms with E-state index in [0.717, 1.165) is 11.1 Å². The minimum absolute atomic E-state index is 0.0154. The van der Waals surface area contributed by atoms with Gasteiger partial charge in [-0.25, -0.2) is 8.42 Å². The average Bonchev–Trinajstić information content (AvgIpc) is 2.68. The van der Waals surface area contributed by atoms with E-state index < -0.39 is 10.0 Å². The van der Waals surface area contributed by atoms with Crippen LogP contribution < -0.4 is 0 Å². The second-order valence-electron chi connectivity index (χ2n) is 6.65. The van der Waals surface area contributed by atoms with E-state index >= 15 is 0 Å². The number of amides is 1. The van der Waals surface area contributed by atoms with Gasteiger partial charge in [0, 0.05) is 32.6 Å². The van der Waals surface area contributed by atoms with Crippen LogP contribution in [0.3, 0.4) is 0 Å². The van der Waals surface area contributed by atoms with E-state index in [4.69, 9.17) is 0 Å². The molecule has 1 fully saturated rings. The summed E-state index contributed by atoms with van der Waals surface area (Å²) < 4.78 is 26.6. The van der Waals surface area contributed by atoms with Gasteiger partial charge in [-0.05, 0) is 23.6 Å². The largest absolute Gasteiger partial charge is 0.508 e. The number of rotatable bonds is 6. The Hall–Kier alpha value is -2.38. The Bertz CT molecular complexity index is 876. The normalized spacial score (nSPS) is 15.6. The van der Waals surface area contributed by atoms with Crippen molar-refractivity contribution >= 4 is 15.9 Å². The molecule has 0 bridgehead atoms. The van der Waals surface area contributed by atoms with Crippen molar-refractivity contribution in [2.24, 2.45) is 0 Å². The van der Waals surface area contributed by atoms with E-state index in [-0.39, 0.29) is 17.4 Å². The molecule has 27 heavy (non-hydrogen) atoms. The van der Waals surface area contributed by atoms with Crippen LogP contribution in [0.1, 0.15) is 17.5 Å². The second-order valence-corrected chi connectivity index (χ2v) is 8.62. The smallest absolute Gasteiger partial charge is 0.222 e. The maximum absolute atomic E-state index is 12.6. The van der Waals surface area contributed by atoms with Gasteiger partial charge in [0.2, 0.25) is 15.9 Å². The lowest BCUT2D eigenvalue weighted by molar-refractivity contribution is -0.132. The molecule has 0 aliphatic carbocycles. The summed E-state index contributed by atoms with van der Waals surface area (Å²) >= 11 is 0. The van der Waals surface area contributed by atoms with Crippen LogP contribution in [0.15, 0.2) is 54.6 Å². The van der Waals surface area contributed by atoms with Gasteiger partial charge in [0.15, 0.2) is 0 Å². The first-order valence-corrected chi connectivity index (χ1v) is 10.6. The number of phenols is 1. The summed E-state index contributed by atoms with van der Waals surface area (Å²) in [6.45, 7) is 1.43. The molecule has 1 saturated heterocycles. The quantitative estimate of drug-likeness (QED) is 0.821. The number of aromatic hydroxyl groups is 1. The number of aryl methyl sites for hydroxylation is 1. The van der Waals surface area contributed by atoms with Gasteiger partial charge < -0.3 is 10.0 Å². The number of hydrogen-bond donors (Lipinski definition) is 1. The topological polar surface area (TPSA) is 77.9 Å². The fourth-order valence-corrected chi connectivity index (χ4v) is 4.73. The highest BCUT2D eigenvalue weighted by atomic mass is 32.2. The number of sulfonamides is 1. The maximum Gasteiger partial charge on any atom is 0.222 e. The fraction of sp³-hybridized carbons (Fsp3) is 0.350. The van der Waals surface area contributed by atoms with E-state index in [1.54, 1.807) is 35.2 Å². The second kappa shape index (κ2) is 8.54. The van der Waals surface area contributed by atoms with Crippen molar-refractivity contribution < 1.29 is 18.3 Å². The molecule has 0 atom stereocenters. The van der Waals surface area contributed by atoms with Crippen LogP contribution in [0.5, 0.6) is 5.75 Å². The molecule has 1 amide bonds. The molecule has 7 heteroatoms. The molecule has 3 rings (SSSR count). The lowest BCUT2D eigenvalue weighted by atomic mass is 10.1. The number of carbonyl (C=O) groups excluding carboxylic acids is 1. The van der Waals surface area contributed by atoms with E-state index in [2.05, 4.69) is 0 Å². The van der Waals surface area contributed by atoms with Gasteiger partial charge in [-0.1, -0.05) is 48.5 Å². The summed E-state index contributed by atoms with van der Waals surface area (Å²) in [7, 11) is -3.38. The number of hydrogen-bond acceptors (Lipinski definition) is 4. The lowest BCUT2D eigenvalue weighted by Gasteiger charge is -2.34. The number of carbonyl (C=O) groups is 1. The summed E-state index contributed by atoms with van der Waals surface area (Å²) in [5.41, 5.74) is 1.51. The zero-order valence-corrected chi connectivity index (χ0v) is 15.9. The zero-order valence-electron chi connectivity index (χ0n) is 15.1. The summed E-state index contributed by atoms with van der Waals surface area (Å²) in [6, 6.07) is 16.1. The van der Waals surface area contributed by atoms with Gasteiger partial charge in [-0.3, -0.25) is 4.79 Å². The van der Waals surface area contributed by atoms with Crippen LogP contribution in [0.2, 0.25) is 0 Å². The Kier molecular flexibility index (Phi) is 6.13. The third kappa shape index (κ3) is 5.08. The highest BCUT2D eigenvalue weighted by Crippen LogP contribution is 2.19. The molecule has 2 aromatic rings. The number of nitrogens with zero attached hydrogens (tertiary/aromatic N) is 2. The van der Waals surface area contributed by atoms with Crippen LogP contribution in [-0.2, 0) is 27.0 Å². The SMILES string of the molecule is O=C(CCc1ccccc1O)N1CCN(S(=O)(=O)Cc2ccccc2)CC1. The van der Waals surface area contributed by atoms with E-state index in [0.29, 0.717) is 39.0 Å². The summed E-state index contributed by atoms with van der Waals surface area (Å²) in [5.74, 6) is 0.162. The monoisotopic (exact) mass is 388 g/mol. The molecule has 0 radical (unpaired) electrons. The number of benzene rings is 2. The van der Waals surface area contributed by atoms with Crippen molar-refractivity contribution in [3.05, 3.63) is 65.7 Å². The maximum atomic E-state index is 12.6. The average molecular weight is 388 g/mol. The number of para-hydroxylation sites is 1. The van der Waals surface area contributed by atoms with Crippen LogP contribution >= 0.6 is 0 Å². The third-order valence-electron chi connectivity index (χ3n) is 4.78. The summed E-state index contributed by atoms with van der Waals surface area (Å²) in [4.78, 5) is 14.1. The van der Waals surface area contributed by atoms with E-state index in [1.807, 2.05) is 24.3 Å². The Morgan fingerprint density at radius 1 is 0.926 bits per heavy atom. The molecular formula is C20H24N2O4S. The van der Waals surface area contributed by atoms with Crippen LogP contribution in [0.25, 0.3) is 0 Å². The first-order valence-electron chi connectivity index (χ1n) is 9.02. The Balaban J connectivity index is 1.50. The molecule has 1 aliphatic heterocycles. The standard InChI is InChI=1S/C20H24N2O4S/c23-19-9-5-4-8-18(19)10-11-20(24)21-12-14-22(15-13-21)27(25,26)16-17-6-2-1-3-7-17/h1-9,23H,10-16H2. The molecule has 1 N–H and O–H groups in total. The summed E-state index contributed by atoms with van der Waals surface area (Å²) in [6.07, 6.45) is 0.770. The molecule has 0 saturated carbocycles. The zero-order chi connectivity index (χ0) is 19.3. The van der Waals surface area contributed by atoms with Crippen molar-refractivity contribution in [1.82, 2.24) is 9.21 Å². The Morgan fingerprint density at radius 3 is 2.22 bits per heavy atom. The number of phenolic OH excluding ortho intramolecular Hbond substituents is 1. The molecular weight excluding hydrogens is 364 g/mol. The fourth-order valence-electron chi connectivity index (χ4n) is 3.21. The molecule has 1 aliphatic rings. The molecule has 0 aromatic heterocycles. The molecule has 2 aromatic carbocycles. The van der Waals surface area contributed by atoms with Crippen LogP contribution in [0, 0.1) is 0 Å². The van der Waals surface area contributed by atoms with Gasteiger partial charge in [-0.2, -0.15) is 4.31 Å². The first kappa shape index (κ1) is 19.4. The predicted octanol–water partition coefficient (Wildman–Crippen LogP) is 2.00. The minimum atomic E-state index is -3.38. The summed E-state index contributed by atoms with van der Waals surface area (Å²) in [5, 5.41) is 9.78. The van der Waals surface area contributed by atoms with Gasteiger partial charge in [0.25, 0.3) is 0 Å². The van der Waals surface area contributed by atoms with Crippen molar-refractivity contribution in [3.63, 3.8) is 0 Å².